The number of aryl methyl sites for hydroxylation is 2. The summed E-state index contributed by atoms with van der Waals surface area (Å²) in [6.07, 6.45) is 0. The summed E-state index contributed by atoms with van der Waals surface area (Å²) in [5.41, 5.74) is 1.73. The number of hydrogen-bond acceptors (Lipinski definition) is 3. The van der Waals surface area contributed by atoms with E-state index in [0.29, 0.717) is 18.0 Å². The average molecular weight is 295 g/mol. The van der Waals surface area contributed by atoms with Gasteiger partial charge in [-0.2, -0.15) is 0 Å². The number of nitrogens with zero attached hydrogens (tertiary/aromatic N) is 1. The molecule has 1 fully saturated rings. The van der Waals surface area contributed by atoms with Gasteiger partial charge in [0.05, 0.1) is 0 Å². The fourth-order valence-electron chi connectivity index (χ4n) is 3.41. The Morgan fingerprint density at radius 2 is 1.95 bits per heavy atom. The van der Waals surface area contributed by atoms with E-state index in [0.717, 1.165) is 13.1 Å². The minimum absolute atomic E-state index is 0.207. The lowest BCUT2D eigenvalue weighted by molar-refractivity contribution is 0.0370. The lowest BCUT2D eigenvalue weighted by atomic mass is 9.90. The van der Waals surface area contributed by atoms with Gasteiger partial charge in [-0.1, -0.05) is 13.8 Å². The zero-order chi connectivity index (χ0) is 15.1. The molecule has 2 atom stereocenters. The number of rotatable bonds is 3. The van der Waals surface area contributed by atoms with Gasteiger partial charge in [-0.05, 0) is 52.2 Å². The van der Waals surface area contributed by atoms with Crippen molar-refractivity contribution in [1.29, 1.82) is 0 Å². The van der Waals surface area contributed by atoms with Crippen LogP contribution < -0.4 is 5.32 Å². The largest absolute Gasteiger partial charge is 0.309 e. The molecule has 0 saturated carbocycles. The Balaban J connectivity index is 2.28. The van der Waals surface area contributed by atoms with E-state index in [4.69, 9.17) is 0 Å². The molecule has 0 spiro atoms. The highest BCUT2D eigenvalue weighted by Gasteiger charge is 2.37. The minimum Gasteiger partial charge on any atom is -0.309 e. The molecule has 1 aliphatic rings. The van der Waals surface area contributed by atoms with Gasteiger partial charge < -0.3 is 5.32 Å². The van der Waals surface area contributed by atoms with Crippen LogP contribution in [0.3, 0.4) is 0 Å². The Bertz CT molecular complexity index is 462. The third-order valence-electron chi connectivity index (χ3n) is 4.59. The molecule has 2 nitrogen and oxygen atoms in total. The predicted molar refractivity (Wildman–Crippen MR) is 89.6 cm³/mol. The van der Waals surface area contributed by atoms with Gasteiger partial charge in [-0.15, -0.1) is 11.3 Å². The highest BCUT2D eigenvalue weighted by Crippen LogP contribution is 2.34. The highest BCUT2D eigenvalue weighted by atomic mass is 32.1. The van der Waals surface area contributed by atoms with Gasteiger partial charge in [0.2, 0.25) is 0 Å². The zero-order valence-corrected chi connectivity index (χ0v) is 14.9. The van der Waals surface area contributed by atoms with Crippen LogP contribution in [0, 0.1) is 19.8 Å². The van der Waals surface area contributed by atoms with E-state index in [-0.39, 0.29) is 5.54 Å². The Morgan fingerprint density at radius 3 is 2.45 bits per heavy atom. The van der Waals surface area contributed by atoms with Crippen LogP contribution >= 0.6 is 11.3 Å². The van der Waals surface area contributed by atoms with Crippen LogP contribution in [0.5, 0.6) is 0 Å². The van der Waals surface area contributed by atoms with E-state index in [1.807, 2.05) is 11.3 Å². The van der Waals surface area contributed by atoms with Crippen molar-refractivity contribution in [2.75, 3.05) is 13.1 Å². The molecule has 2 unspecified atom stereocenters. The molecular formula is C17H30N2S. The highest BCUT2D eigenvalue weighted by molar-refractivity contribution is 7.12. The van der Waals surface area contributed by atoms with Gasteiger partial charge in [0.15, 0.2) is 0 Å². The fourth-order valence-corrected chi connectivity index (χ4v) is 4.43. The van der Waals surface area contributed by atoms with Gasteiger partial charge in [0.25, 0.3) is 0 Å². The average Bonchev–Trinajstić information content (AvgIpc) is 2.65. The zero-order valence-electron chi connectivity index (χ0n) is 14.1. The number of hydrogen-bond donors (Lipinski definition) is 1. The van der Waals surface area contributed by atoms with Crippen molar-refractivity contribution in [2.45, 2.75) is 66.1 Å². The third-order valence-corrected chi connectivity index (χ3v) is 5.57. The Kier molecular flexibility index (Phi) is 4.63. The summed E-state index contributed by atoms with van der Waals surface area (Å²) in [5, 5.41) is 3.71. The lowest BCUT2D eigenvalue weighted by Gasteiger charge is -2.49. The smallest absolute Gasteiger partial charge is 0.0335 e. The van der Waals surface area contributed by atoms with Crippen LogP contribution in [-0.4, -0.2) is 29.6 Å². The first-order valence-electron chi connectivity index (χ1n) is 7.79. The first-order chi connectivity index (χ1) is 9.21. The van der Waals surface area contributed by atoms with Crippen molar-refractivity contribution in [3.63, 3.8) is 0 Å². The monoisotopic (exact) mass is 294 g/mol. The van der Waals surface area contributed by atoms with E-state index < -0.39 is 0 Å². The molecule has 1 N–H and O–H groups in total. The third kappa shape index (κ3) is 3.26. The minimum atomic E-state index is 0.207. The Labute approximate surface area is 128 Å². The first-order valence-corrected chi connectivity index (χ1v) is 8.60. The van der Waals surface area contributed by atoms with Crippen LogP contribution in [0.15, 0.2) is 6.07 Å². The summed E-state index contributed by atoms with van der Waals surface area (Å²) in [7, 11) is 0. The van der Waals surface area contributed by atoms with E-state index in [1.54, 1.807) is 0 Å². The van der Waals surface area contributed by atoms with Gasteiger partial charge in [0, 0.05) is 40.5 Å². The van der Waals surface area contributed by atoms with Crippen molar-refractivity contribution >= 4 is 11.3 Å². The maximum absolute atomic E-state index is 3.71. The molecule has 0 amide bonds. The topological polar surface area (TPSA) is 15.3 Å². The lowest BCUT2D eigenvalue weighted by Crippen LogP contribution is -2.63. The predicted octanol–water partition coefficient (Wildman–Crippen LogP) is 4.13. The van der Waals surface area contributed by atoms with Gasteiger partial charge in [-0.25, -0.2) is 0 Å². The number of thiophene rings is 1. The summed E-state index contributed by atoms with van der Waals surface area (Å²) in [6, 6.07) is 3.52. The second-order valence-corrected chi connectivity index (χ2v) is 8.75. The molecule has 1 aliphatic heterocycles. The number of piperazine rings is 1. The van der Waals surface area contributed by atoms with Crippen molar-refractivity contribution in [3.8, 4) is 0 Å². The summed E-state index contributed by atoms with van der Waals surface area (Å²) >= 11 is 1.93. The van der Waals surface area contributed by atoms with Crippen molar-refractivity contribution in [1.82, 2.24) is 10.2 Å². The van der Waals surface area contributed by atoms with Crippen LogP contribution in [0.1, 0.15) is 56.0 Å². The molecule has 1 aromatic rings. The SMILES string of the molecule is Cc1cc(C(C)N2CC(C)(C)NCC2C(C)C)c(C)s1. The number of nitrogens with one attached hydrogen (secondary N) is 1. The second-order valence-electron chi connectivity index (χ2n) is 7.29. The fraction of sp³-hybridized carbons (Fsp3) is 0.765. The summed E-state index contributed by atoms with van der Waals surface area (Å²) in [4.78, 5) is 5.63. The summed E-state index contributed by atoms with van der Waals surface area (Å²) < 4.78 is 0. The molecule has 2 rings (SSSR count). The van der Waals surface area contributed by atoms with Gasteiger partial charge in [-0.3, -0.25) is 4.90 Å². The molecule has 0 bridgehead atoms. The molecule has 0 aliphatic carbocycles. The van der Waals surface area contributed by atoms with Crippen LogP contribution in [0.4, 0.5) is 0 Å². The van der Waals surface area contributed by atoms with Crippen LogP contribution in [0.2, 0.25) is 0 Å². The molecule has 1 saturated heterocycles. The van der Waals surface area contributed by atoms with Crippen molar-refractivity contribution < 1.29 is 0 Å². The molecular weight excluding hydrogens is 264 g/mol. The quantitative estimate of drug-likeness (QED) is 0.901. The molecule has 0 radical (unpaired) electrons. The van der Waals surface area contributed by atoms with Crippen molar-refractivity contribution in [3.05, 3.63) is 21.4 Å². The normalized spacial score (nSPS) is 25.1. The first kappa shape index (κ1) is 16.0. The van der Waals surface area contributed by atoms with Crippen LogP contribution in [-0.2, 0) is 0 Å². The Hall–Kier alpha value is -0.380. The molecule has 20 heavy (non-hydrogen) atoms. The van der Waals surface area contributed by atoms with Crippen molar-refractivity contribution in [2.24, 2.45) is 5.92 Å². The van der Waals surface area contributed by atoms with E-state index in [9.17, 15) is 0 Å². The molecule has 114 valence electrons. The maximum atomic E-state index is 3.71. The van der Waals surface area contributed by atoms with Gasteiger partial charge >= 0.3 is 0 Å². The molecule has 1 aromatic heterocycles. The van der Waals surface area contributed by atoms with Crippen LogP contribution in [0.25, 0.3) is 0 Å². The van der Waals surface area contributed by atoms with E-state index in [2.05, 4.69) is 64.7 Å². The van der Waals surface area contributed by atoms with Gasteiger partial charge in [0.1, 0.15) is 0 Å². The van der Waals surface area contributed by atoms with E-state index >= 15 is 0 Å². The molecule has 0 aromatic carbocycles. The van der Waals surface area contributed by atoms with E-state index in [1.165, 1.54) is 15.3 Å². The molecule has 2 heterocycles. The second kappa shape index (κ2) is 5.78. The maximum Gasteiger partial charge on any atom is 0.0335 e. The Morgan fingerprint density at radius 1 is 1.30 bits per heavy atom. The summed E-state index contributed by atoms with van der Waals surface area (Å²) in [6.45, 7) is 18.4. The standard InChI is InChI=1S/C17H30N2S/c1-11(2)16-9-18-17(6,7)10-19(16)13(4)15-8-12(3)20-14(15)5/h8,11,13,16,18H,9-10H2,1-7H3. The molecule has 3 heteroatoms. The summed E-state index contributed by atoms with van der Waals surface area (Å²) in [5.74, 6) is 0.682.